The highest BCUT2D eigenvalue weighted by molar-refractivity contribution is 5.15. The van der Waals surface area contributed by atoms with Crippen LogP contribution in [0.15, 0.2) is 24.3 Å². The molecule has 1 nitrogen and oxygen atoms in total. The van der Waals surface area contributed by atoms with Crippen molar-refractivity contribution in [3.8, 4) is 0 Å². The lowest BCUT2D eigenvalue weighted by Gasteiger charge is -2.29. The number of halogens is 1. The highest BCUT2D eigenvalue weighted by Gasteiger charge is 2.27. The zero-order chi connectivity index (χ0) is 14.6. The first-order chi connectivity index (χ1) is 9.45. The summed E-state index contributed by atoms with van der Waals surface area (Å²) in [4.78, 5) is 0. The number of rotatable bonds is 3. The number of nitrogens with one attached hydrogen (secondary N) is 1. The third-order valence-electron chi connectivity index (χ3n) is 4.70. The molecule has 2 unspecified atom stereocenters. The monoisotopic (exact) mass is 277 g/mol. The van der Waals surface area contributed by atoms with Gasteiger partial charge in [-0.1, -0.05) is 39.3 Å². The molecule has 0 spiro atoms. The number of hydrogen-bond donors (Lipinski definition) is 1. The molecular weight excluding hydrogens is 249 g/mol. The van der Waals surface area contributed by atoms with Crippen LogP contribution in [-0.4, -0.2) is 6.04 Å². The van der Waals surface area contributed by atoms with E-state index in [-0.39, 0.29) is 5.82 Å². The quantitative estimate of drug-likeness (QED) is 0.774. The molecule has 112 valence electrons. The van der Waals surface area contributed by atoms with Gasteiger partial charge in [0, 0.05) is 12.6 Å². The van der Waals surface area contributed by atoms with Gasteiger partial charge in [0.1, 0.15) is 5.82 Å². The van der Waals surface area contributed by atoms with Gasteiger partial charge in [0.2, 0.25) is 0 Å². The highest BCUT2D eigenvalue weighted by atomic mass is 19.1. The first-order valence-electron chi connectivity index (χ1n) is 7.93. The molecule has 1 aromatic rings. The van der Waals surface area contributed by atoms with E-state index in [0.29, 0.717) is 11.5 Å². The molecule has 0 heterocycles. The Hall–Kier alpha value is -0.890. The van der Waals surface area contributed by atoms with Gasteiger partial charge in [0.15, 0.2) is 0 Å². The van der Waals surface area contributed by atoms with Gasteiger partial charge in [-0.2, -0.15) is 0 Å². The summed E-state index contributed by atoms with van der Waals surface area (Å²) in [6, 6.07) is 7.44. The molecule has 2 rings (SSSR count). The van der Waals surface area contributed by atoms with E-state index < -0.39 is 0 Å². The van der Waals surface area contributed by atoms with E-state index in [1.807, 2.05) is 12.1 Å². The zero-order valence-corrected chi connectivity index (χ0v) is 13.1. The third kappa shape index (κ3) is 4.59. The van der Waals surface area contributed by atoms with Crippen LogP contribution in [0.4, 0.5) is 4.39 Å². The lowest BCUT2D eigenvalue weighted by molar-refractivity contribution is 0.213. The largest absolute Gasteiger partial charge is 0.310 e. The molecule has 2 atom stereocenters. The molecule has 0 amide bonds. The van der Waals surface area contributed by atoms with Crippen LogP contribution in [0.5, 0.6) is 0 Å². The van der Waals surface area contributed by atoms with Crippen LogP contribution in [0.25, 0.3) is 0 Å². The van der Waals surface area contributed by atoms with Crippen LogP contribution in [0, 0.1) is 17.2 Å². The molecule has 2 heteroatoms. The highest BCUT2D eigenvalue weighted by Crippen LogP contribution is 2.36. The van der Waals surface area contributed by atoms with Crippen LogP contribution >= 0.6 is 0 Å². The molecule has 0 saturated heterocycles. The van der Waals surface area contributed by atoms with E-state index in [1.54, 1.807) is 12.1 Å². The van der Waals surface area contributed by atoms with E-state index in [9.17, 15) is 4.39 Å². The Bertz CT molecular complexity index is 404. The minimum atomic E-state index is -0.156. The predicted molar refractivity (Wildman–Crippen MR) is 83.1 cm³/mol. The second-order valence-corrected chi connectivity index (χ2v) is 7.28. The summed E-state index contributed by atoms with van der Waals surface area (Å²) in [6.07, 6.45) is 6.54. The Morgan fingerprint density at radius 1 is 1.05 bits per heavy atom. The summed E-state index contributed by atoms with van der Waals surface area (Å²) >= 11 is 0. The first kappa shape index (κ1) is 15.5. The van der Waals surface area contributed by atoms with Crippen LogP contribution < -0.4 is 5.32 Å². The van der Waals surface area contributed by atoms with Crippen molar-refractivity contribution in [1.82, 2.24) is 5.32 Å². The van der Waals surface area contributed by atoms with Crippen molar-refractivity contribution in [2.45, 2.75) is 65.5 Å². The lowest BCUT2D eigenvalue weighted by atomic mass is 9.76. The van der Waals surface area contributed by atoms with E-state index in [0.717, 1.165) is 12.5 Å². The van der Waals surface area contributed by atoms with Gasteiger partial charge in [0.05, 0.1) is 0 Å². The lowest BCUT2D eigenvalue weighted by Crippen LogP contribution is -2.28. The summed E-state index contributed by atoms with van der Waals surface area (Å²) in [7, 11) is 0. The van der Waals surface area contributed by atoms with Crippen molar-refractivity contribution in [2.75, 3.05) is 0 Å². The van der Waals surface area contributed by atoms with E-state index >= 15 is 0 Å². The smallest absolute Gasteiger partial charge is 0.123 e. The van der Waals surface area contributed by atoms with E-state index in [2.05, 4.69) is 26.1 Å². The van der Waals surface area contributed by atoms with Gasteiger partial charge in [-0.25, -0.2) is 4.39 Å². The molecule has 20 heavy (non-hydrogen) atoms. The molecule has 1 aromatic carbocycles. The average Bonchev–Trinajstić information content (AvgIpc) is 2.63. The molecule has 1 N–H and O–H groups in total. The fourth-order valence-electron chi connectivity index (χ4n) is 3.24. The van der Waals surface area contributed by atoms with Crippen molar-refractivity contribution >= 4 is 0 Å². The SMILES string of the molecule is CC(C)(C)C1CCCC(NCc2ccc(F)cc2)CC1. The first-order valence-corrected chi connectivity index (χ1v) is 7.93. The predicted octanol–water partition coefficient (Wildman–Crippen LogP) is 4.91. The molecule has 0 radical (unpaired) electrons. The maximum Gasteiger partial charge on any atom is 0.123 e. The summed E-state index contributed by atoms with van der Waals surface area (Å²) in [5.41, 5.74) is 1.61. The molecule has 1 saturated carbocycles. The van der Waals surface area contributed by atoms with E-state index in [4.69, 9.17) is 0 Å². The second-order valence-electron chi connectivity index (χ2n) is 7.28. The Labute approximate surface area is 123 Å². The topological polar surface area (TPSA) is 12.0 Å². The fraction of sp³-hybridized carbons (Fsp3) is 0.667. The Kier molecular flexibility index (Phi) is 5.20. The molecule has 0 aliphatic heterocycles. The van der Waals surface area contributed by atoms with Gasteiger partial charge in [-0.05, 0) is 54.7 Å². The molecule has 1 aliphatic rings. The minimum Gasteiger partial charge on any atom is -0.310 e. The number of benzene rings is 1. The minimum absolute atomic E-state index is 0.156. The zero-order valence-electron chi connectivity index (χ0n) is 13.1. The van der Waals surface area contributed by atoms with Crippen molar-refractivity contribution in [3.63, 3.8) is 0 Å². The number of hydrogen-bond acceptors (Lipinski definition) is 1. The second kappa shape index (κ2) is 6.71. The summed E-state index contributed by atoms with van der Waals surface area (Å²) in [5.74, 6) is 0.691. The Balaban J connectivity index is 1.81. The standard InChI is InChI=1S/C18H28FN/c1-18(2,3)15-5-4-6-17(12-9-15)20-13-14-7-10-16(19)11-8-14/h7-8,10-11,15,17,20H,4-6,9,12-13H2,1-3H3. The average molecular weight is 277 g/mol. The summed E-state index contributed by atoms with van der Waals surface area (Å²) in [6.45, 7) is 7.95. The van der Waals surface area contributed by atoms with Crippen LogP contribution in [0.1, 0.15) is 58.4 Å². The Morgan fingerprint density at radius 3 is 2.40 bits per heavy atom. The van der Waals surface area contributed by atoms with Crippen LogP contribution in [-0.2, 0) is 6.54 Å². The van der Waals surface area contributed by atoms with Gasteiger partial charge in [-0.15, -0.1) is 0 Å². The van der Waals surface area contributed by atoms with Crippen LogP contribution in [0.2, 0.25) is 0 Å². The molecule has 1 fully saturated rings. The van der Waals surface area contributed by atoms with Crippen molar-refractivity contribution < 1.29 is 4.39 Å². The maximum atomic E-state index is 12.9. The van der Waals surface area contributed by atoms with Gasteiger partial charge in [-0.3, -0.25) is 0 Å². The molecule has 1 aliphatic carbocycles. The summed E-state index contributed by atoms with van der Waals surface area (Å²) in [5, 5.41) is 3.65. The van der Waals surface area contributed by atoms with Crippen molar-refractivity contribution in [3.05, 3.63) is 35.6 Å². The van der Waals surface area contributed by atoms with Crippen LogP contribution in [0.3, 0.4) is 0 Å². The van der Waals surface area contributed by atoms with Gasteiger partial charge in [0.25, 0.3) is 0 Å². The molecule has 0 bridgehead atoms. The normalized spacial score (nSPS) is 24.4. The van der Waals surface area contributed by atoms with Crippen molar-refractivity contribution in [2.24, 2.45) is 11.3 Å². The third-order valence-corrected chi connectivity index (χ3v) is 4.70. The molecular formula is C18H28FN. The molecule has 0 aromatic heterocycles. The summed E-state index contributed by atoms with van der Waals surface area (Å²) < 4.78 is 12.9. The van der Waals surface area contributed by atoms with E-state index in [1.165, 1.54) is 37.7 Å². The maximum absolute atomic E-state index is 12.9. The van der Waals surface area contributed by atoms with Crippen molar-refractivity contribution in [1.29, 1.82) is 0 Å². The van der Waals surface area contributed by atoms with Gasteiger partial charge < -0.3 is 5.32 Å². The fourth-order valence-corrected chi connectivity index (χ4v) is 3.24. The van der Waals surface area contributed by atoms with Gasteiger partial charge >= 0.3 is 0 Å². The Morgan fingerprint density at radius 2 is 1.75 bits per heavy atom.